The van der Waals surface area contributed by atoms with Crippen LogP contribution in [-0.2, 0) is 19.4 Å². The number of aliphatic hydroxyl groups is 1. The van der Waals surface area contributed by atoms with Gasteiger partial charge in [-0.1, -0.05) is 54.6 Å². The van der Waals surface area contributed by atoms with Crippen molar-refractivity contribution in [1.29, 1.82) is 0 Å². The summed E-state index contributed by atoms with van der Waals surface area (Å²) in [5.41, 5.74) is 4.42. The molecule has 4 aromatic rings. The van der Waals surface area contributed by atoms with Crippen molar-refractivity contribution >= 4 is 32.9 Å². The fourth-order valence-electron chi connectivity index (χ4n) is 4.61. The van der Waals surface area contributed by atoms with Gasteiger partial charge in [-0.25, -0.2) is 0 Å². The van der Waals surface area contributed by atoms with Crippen LogP contribution in [0.5, 0.6) is 0 Å². The highest BCUT2D eigenvalue weighted by Gasteiger charge is 2.30. The number of thiophene rings is 1. The van der Waals surface area contributed by atoms with Crippen LogP contribution >= 0.6 is 11.3 Å². The predicted octanol–water partition coefficient (Wildman–Crippen LogP) is 4.78. The van der Waals surface area contributed by atoms with E-state index in [1.807, 2.05) is 48.5 Å². The first-order valence-corrected chi connectivity index (χ1v) is 10.7. The molecule has 0 amide bonds. The van der Waals surface area contributed by atoms with Gasteiger partial charge in [0.25, 0.3) is 5.56 Å². The van der Waals surface area contributed by atoms with Gasteiger partial charge >= 0.3 is 0 Å². The fraction of sp³-hybridized carbons (Fsp3) is 0.167. The van der Waals surface area contributed by atoms with Crippen molar-refractivity contribution in [2.24, 2.45) is 0 Å². The summed E-state index contributed by atoms with van der Waals surface area (Å²) in [6.07, 6.45) is 3.11. The van der Waals surface area contributed by atoms with Crippen LogP contribution in [0, 0.1) is 0 Å². The molecule has 0 unspecified atom stereocenters. The minimum Gasteiger partial charge on any atom is -0.507 e. The third-order valence-electron chi connectivity index (χ3n) is 5.95. The van der Waals surface area contributed by atoms with E-state index in [1.165, 1.54) is 10.4 Å². The largest absolute Gasteiger partial charge is 0.507 e. The van der Waals surface area contributed by atoms with Crippen LogP contribution in [0.15, 0.2) is 59.4 Å². The summed E-state index contributed by atoms with van der Waals surface area (Å²) in [4.78, 5) is 19.9. The van der Waals surface area contributed by atoms with Crippen LogP contribution < -0.4 is 5.56 Å². The maximum Gasteiger partial charge on any atom is 0.282 e. The highest BCUT2D eigenvalue weighted by atomic mass is 32.1. The second-order valence-electron chi connectivity index (χ2n) is 7.61. The zero-order chi connectivity index (χ0) is 19.5. The zero-order valence-electron chi connectivity index (χ0n) is 15.7. The number of aryl methyl sites for hydroxylation is 2. The second-order valence-corrected chi connectivity index (χ2v) is 8.69. The molecule has 5 heteroatoms. The van der Waals surface area contributed by atoms with Crippen molar-refractivity contribution in [3.63, 3.8) is 0 Å². The van der Waals surface area contributed by atoms with E-state index in [4.69, 9.17) is 0 Å². The van der Waals surface area contributed by atoms with Gasteiger partial charge in [-0.15, -0.1) is 11.3 Å². The molecule has 0 saturated carbocycles. The Morgan fingerprint density at radius 3 is 2.69 bits per heavy atom. The molecule has 1 N–H and O–H groups in total. The molecule has 1 aliphatic heterocycles. The molecule has 6 rings (SSSR count). The summed E-state index contributed by atoms with van der Waals surface area (Å²) in [7, 11) is 0. The molecule has 0 bridgehead atoms. The summed E-state index contributed by atoms with van der Waals surface area (Å²) in [6, 6.07) is 17.5. The third kappa shape index (κ3) is 2.37. The third-order valence-corrected chi connectivity index (χ3v) is 7.26. The first-order chi connectivity index (χ1) is 14.2. The molecule has 0 spiro atoms. The van der Waals surface area contributed by atoms with Crippen LogP contribution in [0.2, 0.25) is 0 Å². The number of rotatable bonds is 1. The topological polar surface area (TPSA) is 55.1 Å². The first-order valence-electron chi connectivity index (χ1n) is 9.85. The van der Waals surface area contributed by atoms with E-state index in [-0.39, 0.29) is 11.3 Å². The smallest absolute Gasteiger partial charge is 0.282 e. The Kier molecular flexibility index (Phi) is 3.56. The summed E-state index contributed by atoms with van der Waals surface area (Å²) in [5.74, 6) is 0.712. The van der Waals surface area contributed by atoms with Crippen LogP contribution in [0.1, 0.15) is 39.4 Å². The van der Waals surface area contributed by atoms with E-state index in [1.54, 1.807) is 11.3 Å². The molecule has 2 aromatic carbocycles. The summed E-state index contributed by atoms with van der Waals surface area (Å²) in [5, 5.41) is 12.0. The predicted molar refractivity (Wildman–Crippen MR) is 116 cm³/mol. The molecule has 0 saturated heterocycles. The lowest BCUT2D eigenvalue weighted by molar-refractivity contribution is 0.512. The lowest BCUT2D eigenvalue weighted by Gasteiger charge is -2.25. The molecule has 2 aliphatic rings. The molecule has 0 radical (unpaired) electrons. The summed E-state index contributed by atoms with van der Waals surface area (Å²) in [6.45, 7) is 0.653. The zero-order valence-corrected chi connectivity index (χ0v) is 16.5. The average molecular weight is 398 g/mol. The number of aliphatic hydroxyl groups excluding tert-OH is 1. The van der Waals surface area contributed by atoms with E-state index in [2.05, 4.69) is 15.6 Å². The van der Waals surface area contributed by atoms with Gasteiger partial charge in [-0.05, 0) is 36.0 Å². The van der Waals surface area contributed by atoms with E-state index >= 15 is 0 Å². The highest BCUT2D eigenvalue weighted by Crippen LogP contribution is 2.41. The van der Waals surface area contributed by atoms with Crippen LogP contribution in [-0.4, -0.2) is 14.7 Å². The van der Waals surface area contributed by atoms with Crippen molar-refractivity contribution in [2.45, 2.75) is 25.8 Å². The van der Waals surface area contributed by atoms with Gasteiger partial charge in [0, 0.05) is 10.4 Å². The molecular formula is C24H18N2O2S. The molecule has 2 aromatic heterocycles. The van der Waals surface area contributed by atoms with E-state index in [0.717, 1.165) is 40.6 Å². The lowest BCUT2D eigenvalue weighted by Crippen LogP contribution is -2.23. The van der Waals surface area contributed by atoms with Gasteiger partial charge in [0.2, 0.25) is 0 Å². The molecule has 1 aliphatic carbocycles. The van der Waals surface area contributed by atoms with Gasteiger partial charge in [0.1, 0.15) is 16.4 Å². The Balaban J connectivity index is 1.72. The Morgan fingerprint density at radius 2 is 1.83 bits per heavy atom. The van der Waals surface area contributed by atoms with E-state index in [9.17, 15) is 9.90 Å². The second kappa shape index (κ2) is 6.16. The number of hydrogen-bond acceptors (Lipinski definition) is 4. The summed E-state index contributed by atoms with van der Waals surface area (Å²) < 4.78 is 2.12. The maximum absolute atomic E-state index is 13.1. The summed E-state index contributed by atoms with van der Waals surface area (Å²) >= 11 is 1.72. The lowest BCUT2D eigenvalue weighted by atomic mass is 9.92. The number of nitrogens with zero attached hydrogens (tertiary/aromatic N) is 2. The Labute approximate surface area is 171 Å². The van der Waals surface area contributed by atoms with Crippen molar-refractivity contribution < 1.29 is 5.11 Å². The SMILES string of the molecule is O=c1nc2n(c3sc4c(c13)CCC4)Cc1ccccc1C2=C(O)c1ccccc1. The van der Waals surface area contributed by atoms with Gasteiger partial charge in [0.05, 0.1) is 17.5 Å². The normalized spacial score (nSPS) is 16.4. The standard InChI is InChI=1S/C24H18N2O2S/c27-21(14-7-2-1-3-8-14)19-16-10-5-4-9-15(16)13-26-22(19)25-23(28)20-17-11-6-12-18(17)29-24(20)26/h1-5,7-10,27H,6,11-13H2. The van der Waals surface area contributed by atoms with E-state index in [0.29, 0.717) is 23.5 Å². The molecule has 0 fully saturated rings. The Bertz CT molecular complexity index is 1380. The van der Waals surface area contributed by atoms with Gasteiger partial charge in [0.15, 0.2) is 0 Å². The highest BCUT2D eigenvalue weighted by molar-refractivity contribution is 7.19. The van der Waals surface area contributed by atoms with E-state index < -0.39 is 0 Å². The average Bonchev–Trinajstić information content (AvgIpc) is 3.34. The number of aromatic nitrogens is 2. The minimum atomic E-state index is -0.177. The monoisotopic (exact) mass is 398 g/mol. The molecular weight excluding hydrogens is 380 g/mol. The van der Waals surface area contributed by atoms with Crippen molar-refractivity contribution in [3.8, 4) is 0 Å². The van der Waals surface area contributed by atoms with Gasteiger partial charge < -0.3 is 9.67 Å². The molecule has 4 nitrogen and oxygen atoms in total. The van der Waals surface area contributed by atoms with Crippen LogP contribution in [0.25, 0.3) is 21.5 Å². The number of benzene rings is 2. The quantitative estimate of drug-likeness (QED) is 0.413. The van der Waals surface area contributed by atoms with Crippen LogP contribution in [0.4, 0.5) is 0 Å². The van der Waals surface area contributed by atoms with Crippen molar-refractivity contribution in [1.82, 2.24) is 9.55 Å². The van der Waals surface area contributed by atoms with Crippen LogP contribution in [0.3, 0.4) is 0 Å². The number of hydrogen-bond donors (Lipinski definition) is 1. The van der Waals surface area contributed by atoms with Crippen molar-refractivity contribution in [2.75, 3.05) is 0 Å². The van der Waals surface area contributed by atoms with Gasteiger partial charge in [-0.3, -0.25) is 4.79 Å². The molecule has 3 heterocycles. The van der Waals surface area contributed by atoms with Gasteiger partial charge in [-0.2, -0.15) is 4.98 Å². The first kappa shape index (κ1) is 16.7. The molecule has 0 atom stereocenters. The Morgan fingerprint density at radius 1 is 1.03 bits per heavy atom. The Hall–Kier alpha value is -3.18. The molecule has 142 valence electrons. The fourth-order valence-corrected chi connectivity index (χ4v) is 5.99. The maximum atomic E-state index is 13.1. The molecule has 29 heavy (non-hydrogen) atoms. The minimum absolute atomic E-state index is 0.154. The van der Waals surface area contributed by atoms with Crippen molar-refractivity contribution in [3.05, 3.63) is 97.9 Å². The number of fused-ring (bicyclic) bond motifs is 6.